The van der Waals surface area contributed by atoms with Crippen molar-refractivity contribution in [2.75, 3.05) is 24.5 Å². The number of nitrogens with zero attached hydrogens (tertiary/aromatic N) is 2. The second-order valence-electron chi connectivity index (χ2n) is 7.46. The van der Waals surface area contributed by atoms with Crippen LogP contribution >= 0.6 is 11.6 Å². The molecule has 1 amide bonds. The minimum Gasteiger partial charge on any atom is -0.394 e. The standard InChI is InChI=1S/C25H24ClFN2O4S/c1-28(25(31)15-8-19-6-9-21(26)10-7-19)18-20-4-2-3-5-24(20)29(16-17-30)34(32,33)23-13-11-22(27)12-14-23/h2-15,30H,16-18H2,1H3/b15-8+. The van der Waals surface area contributed by atoms with Crippen molar-refractivity contribution >= 4 is 39.3 Å². The number of benzene rings is 3. The lowest BCUT2D eigenvalue weighted by molar-refractivity contribution is -0.125. The molecule has 3 aromatic rings. The van der Waals surface area contributed by atoms with E-state index in [2.05, 4.69) is 0 Å². The third kappa shape index (κ3) is 6.22. The number of hydrogen-bond acceptors (Lipinski definition) is 4. The van der Waals surface area contributed by atoms with E-state index in [1.54, 1.807) is 61.7 Å². The van der Waals surface area contributed by atoms with Gasteiger partial charge in [-0.3, -0.25) is 9.10 Å². The first-order valence-electron chi connectivity index (χ1n) is 10.4. The van der Waals surface area contributed by atoms with E-state index in [1.807, 2.05) is 0 Å². The van der Waals surface area contributed by atoms with Crippen LogP contribution in [0, 0.1) is 5.82 Å². The summed E-state index contributed by atoms with van der Waals surface area (Å²) in [4.78, 5) is 14.0. The van der Waals surface area contributed by atoms with Crippen molar-refractivity contribution < 1.29 is 22.7 Å². The van der Waals surface area contributed by atoms with Crippen LogP contribution in [0.2, 0.25) is 5.02 Å². The van der Waals surface area contributed by atoms with Crippen LogP contribution in [-0.2, 0) is 21.4 Å². The van der Waals surface area contributed by atoms with Gasteiger partial charge in [0.15, 0.2) is 0 Å². The number of rotatable bonds is 9. The molecule has 1 N–H and O–H groups in total. The van der Waals surface area contributed by atoms with E-state index in [4.69, 9.17) is 11.6 Å². The maximum atomic E-state index is 13.3. The lowest BCUT2D eigenvalue weighted by atomic mass is 10.1. The number of hydrogen-bond donors (Lipinski definition) is 1. The summed E-state index contributed by atoms with van der Waals surface area (Å²) in [6.07, 6.45) is 3.09. The summed E-state index contributed by atoms with van der Waals surface area (Å²) < 4.78 is 40.9. The van der Waals surface area contributed by atoms with Crippen molar-refractivity contribution in [2.24, 2.45) is 0 Å². The average molecular weight is 503 g/mol. The van der Waals surface area contributed by atoms with E-state index in [0.717, 1.165) is 22.0 Å². The highest BCUT2D eigenvalue weighted by Gasteiger charge is 2.26. The van der Waals surface area contributed by atoms with Crippen molar-refractivity contribution in [1.82, 2.24) is 4.90 Å². The molecule has 0 heterocycles. The van der Waals surface area contributed by atoms with Crippen LogP contribution in [0.5, 0.6) is 0 Å². The number of carbonyl (C=O) groups excluding carboxylic acids is 1. The Labute approximate surface area is 203 Å². The van der Waals surface area contributed by atoms with Crippen molar-refractivity contribution in [3.63, 3.8) is 0 Å². The van der Waals surface area contributed by atoms with Crippen molar-refractivity contribution in [3.8, 4) is 0 Å². The van der Waals surface area contributed by atoms with E-state index in [0.29, 0.717) is 16.3 Å². The minimum atomic E-state index is -4.08. The van der Waals surface area contributed by atoms with E-state index in [-0.39, 0.29) is 23.9 Å². The molecule has 0 atom stereocenters. The lowest BCUT2D eigenvalue weighted by Crippen LogP contribution is -2.35. The molecule has 0 saturated heterocycles. The number of amides is 1. The quantitative estimate of drug-likeness (QED) is 0.442. The fourth-order valence-corrected chi connectivity index (χ4v) is 4.90. The van der Waals surface area contributed by atoms with Gasteiger partial charge in [0, 0.05) is 24.7 Å². The molecule has 0 spiro atoms. The van der Waals surface area contributed by atoms with Gasteiger partial charge in [0.2, 0.25) is 5.91 Å². The monoisotopic (exact) mass is 502 g/mol. The van der Waals surface area contributed by atoms with Gasteiger partial charge in [0.25, 0.3) is 10.0 Å². The molecule has 3 aromatic carbocycles. The summed E-state index contributed by atoms with van der Waals surface area (Å²) >= 11 is 5.88. The van der Waals surface area contributed by atoms with Crippen molar-refractivity contribution in [2.45, 2.75) is 11.4 Å². The van der Waals surface area contributed by atoms with Crippen molar-refractivity contribution in [1.29, 1.82) is 0 Å². The molecule has 6 nitrogen and oxygen atoms in total. The molecule has 0 aliphatic carbocycles. The van der Waals surface area contributed by atoms with E-state index >= 15 is 0 Å². The van der Waals surface area contributed by atoms with Gasteiger partial charge in [-0.2, -0.15) is 0 Å². The molecular weight excluding hydrogens is 479 g/mol. The number of carbonyl (C=O) groups is 1. The van der Waals surface area contributed by atoms with Crippen LogP contribution in [0.1, 0.15) is 11.1 Å². The Morgan fingerprint density at radius 3 is 2.32 bits per heavy atom. The van der Waals surface area contributed by atoms with E-state index in [9.17, 15) is 22.7 Å². The van der Waals surface area contributed by atoms with Gasteiger partial charge in [-0.15, -0.1) is 0 Å². The Hall–Kier alpha value is -3.20. The van der Waals surface area contributed by atoms with Gasteiger partial charge in [-0.25, -0.2) is 12.8 Å². The first-order chi connectivity index (χ1) is 16.2. The van der Waals surface area contributed by atoms with Gasteiger partial charge >= 0.3 is 0 Å². The lowest BCUT2D eigenvalue weighted by Gasteiger charge is -2.27. The highest BCUT2D eigenvalue weighted by Crippen LogP contribution is 2.28. The highest BCUT2D eigenvalue weighted by atomic mass is 35.5. The van der Waals surface area contributed by atoms with Gasteiger partial charge in [-0.1, -0.05) is 41.9 Å². The highest BCUT2D eigenvalue weighted by molar-refractivity contribution is 7.92. The molecule has 0 unspecified atom stereocenters. The summed E-state index contributed by atoms with van der Waals surface area (Å²) in [5.41, 5.74) is 1.70. The first kappa shape index (κ1) is 25.4. The SMILES string of the molecule is CN(Cc1ccccc1N(CCO)S(=O)(=O)c1ccc(F)cc1)C(=O)/C=C/c1ccc(Cl)cc1. The second kappa shape index (κ2) is 11.3. The predicted molar refractivity (Wildman–Crippen MR) is 131 cm³/mol. The van der Waals surface area contributed by atoms with Crippen LogP contribution in [0.15, 0.2) is 83.8 Å². The molecular formula is C25H24ClFN2O4S. The van der Waals surface area contributed by atoms with Crippen molar-refractivity contribution in [3.05, 3.63) is 101 Å². The third-order valence-corrected chi connectivity index (χ3v) is 7.12. The summed E-state index contributed by atoms with van der Waals surface area (Å²) in [5, 5.41) is 10.2. The third-order valence-electron chi connectivity index (χ3n) is 5.04. The molecule has 3 rings (SSSR count). The molecule has 34 heavy (non-hydrogen) atoms. The van der Waals surface area contributed by atoms with Gasteiger partial charge in [-0.05, 0) is 59.7 Å². The van der Waals surface area contributed by atoms with Crippen LogP contribution in [0.25, 0.3) is 6.08 Å². The summed E-state index contributed by atoms with van der Waals surface area (Å²) in [6.45, 7) is -0.501. The van der Waals surface area contributed by atoms with Gasteiger partial charge in [0.05, 0.1) is 23.7 Å². The Bertz CT molecular complexity index is 1260. The number of sulfonamides is 1. The summed E-state index contributed by atoms with van der Waals surface area (Å²) in [7, 11) is -2.48. The maximum Gasteiger partial charge on any atom is 0.264 e. The molecule has 0 aliphatic heterocycles. The normalized spacial score (nSPS) is 11.5. The molecule has 0 bridgehead atoms. The van der Waals surface area contributed by atoms with E-state index in [1.165, 1.54) is 23.1 Å². The number of para-hydroxylation sites is 1. The van der Waals surface area contributed by atoms with Gasteiger partial charge in [0.1, 0.15) is 5.82 Å². The zero-order valence-corrected chi connectivity index (χ0v) is 20.0. The van der Waals surface area contributed by atoms with Crippen LogP contribution < -0.4 is 4.31 Å². The topological polar surface area (TPSA) is 77.9 Å². The Morgan fingerprint density at radius 1 is 1.03 bits per heavy atom. The Kier molecular flexibility index (Phi) is 8.44. The first-order valence-corrected chi connectivity index (χ1v) is 12.2. The minimum absolute atomic E-state index is 0.104. The molecule has 0 fully saturated rings. The maximum absolute atomic E-state index is 13.3. The van der Waals surface area contributed by atoms with Crippen LogP contribution in [-0.4, -0.2) is 44.5 Å². The number of halogens is 2. The van der Waals surface area contributed by atoms with E-state index < -0.39 is 22.4 Å². The predicted octanol–water partition coefficient (Wildman–Crippen LogP) is 4.34. The second-order valence-corrected chi connectivity index (χ2v) is 9.76. The number of anilines is 1. The summed E-state index contributed by atoms with van der Waals surface area (Å²) in [6, 6.07) is 18.2. The zero-order chi connectivity index (χ0) is 24.7. The van der Waals surface area contributed by atoms with Crippen LogP contribution in [0.4, 0.5) is 10.1 Å². The largest absolute Gasteiger partial charge is 0.394 e. The number of aliphatic hydroxyl groups excluding tert-OH is 1. The molecule has 0 radical (unpaired) electrons. The fourth-order valence-electron chi connectivity index (χ4n) is 3.28. The zero-order valence-electron chi connectivity index (χ0n) is 18.4. The average Bonchev–Trinajstić information content (AvgIpc) is 2.82. The number of likely N-dealkylation sites (N-methyl/N-ethyl adjacent to an activating group) is 1. The molecule has 0 saturated carbocycles. The summed E-state index contributed by atoms with van der Waals surface area (Å²) in [5.74, 6) is -0.834. The smallest absolute Gasteiger partial charge is 0.264 e. The molecule has 0 aromatic heterocycles. The Balaban J connectivity index is 1.86. The number of aliphatic hydroxyl groups is 1. The molecule has 0 aliphatic rings. The fraction of sp³-hybridized carbons (Fsp3) is 0.160. The molecule has 178 valence electrons. The van der Waals surface area contributed by atoms with Crippen LogP contribution in [0.3, 0.4) is 0 Å². The Morgan fingerprint density at radius 2 is 1.68 bits per heavy atom. The van der Waals surface area contributed by atoms with Gasteiger partial charge < -0.3 is 10.0 Å². The molecule has 9 heteroatoms.